The number of benzene rings is 1. The normalized spacial score (nSPS) is 11.0. The van der Waals surface area contributed by atoms with E-state index >= 15 is 0 Å². The van der Waals surface area contributed by atoms with Gasteiger partial charge in [0.25, 0.3) is 0 Å². The summed E-state index contributed by atoms with van der Waals surface area (Å²) in [5.41, 5.74) is 0.590. The Morgan fingerprint density at radius 1 is 1.52 bits per heavy atom. The second-order valence-corrected chi connectivity index (χ2v) is 4.52. The van der Waals surface area contributed by atoms with Crippen molar-refractivity contribution in [1.82, 2.24) is 14.8 Å². The van der Waals surface area contributed by atoms with E-state index in [2.05, 4.69) is 10.1 Å². The van der Waals surface area contributed by atoms with E-state index in [1.165, 1.54) is 12.4 Å². The Morgan fingerprint density at radius 2 is 2.33 bits per heavy atom. The predicted octanol–water partition coefficient (Wildman–Crippen LogP) is 2.63. The molecule has 0 amide bonds. The van der Waals surface area contributed by atoms with E-state index in [1.807, 2.05) is 6.92 Å². The van der Waals surface area contributed by atoms with Gasteiger partial charge in [-0.15, -0.1) is 0 Å². The van der Waals surface area contributed by atoms with Crippen molar-refractivity contribution in [3.8, 4) is 5.75 Å². The number of aromatic nitrogens is 3. The minimum atomic E-state index is -1.04. The Morgan fingerprint density at radius 3 is 3.05 bits per heavy atom. The van der Waals surface area contributed by atoms with E-state index in [0.717, 1.165) is 6.08 Å². The Balaban J connectivity index is 2.21. The molecular formula is C14H14ClN3O3. The van der Waals surface area contributed by atoms with Gasteiger partial charge in [-0.25, -0.2) is 14.5 Å². The molecule has 0 saturated heterocycles. The molecule has 1 heterocycles. The lowest BCUT2D eigenvalue weighted by Gasteiger charge is -2.11. The molecule has 21 heavy (non-hydrogen) atoms. The number of aliphatic carboxylic acids is 1. The minimum Gasteiger partial charge on any atom is -0.483 e. The van der Waals surface area contributed by atoms with Crippen molar-refractivity contribution >= 4 is 23.6 Å². The minimum absolute atomic E-state index is 0.200. The third-order valence-corrected chi connectivity index (χ3v) is 3.04. The van der Waals surface area contributed by atoms with Crippen molar-refractivity contribution in [3.05, 3.63) is 47.0 Å². The summed E-state index contributed by atoms with van der Waals surface area (Å²) < 4.78 is 7.40. The Bertz CT molecular complexity index is 667. The van der Waals surface area contributed by atoms with E-state index in [1.54, 1.807) is 22.9 Å². The van der Waals surface area contributed by atoms with Crippen molar-refractivity contribution in [2.24, 2.45) is 0 Å². The monoisotopic (exact) mass is 307 g/mol. The molecule has 0 spiro atoms. The first kappa shape index (κ1) is 15.1. The summed E-state index contributed by atoms with van der Waals surface area (Å²) in [6, 6.07) is 5.13. The summed E-state index contributed by atoms with van der Waals surface area (Å²) in [6.07, 6.45) is 3.93. The van der Waals surface area contributed by atoms with E-state index < -0.39 is 5.97 Å². The molecule has 0 bridgehead atoms. The van der Waals surface area contributed by atoms with Crippen molar-refractivity contribution in [2.45, 2.75) is 20.1 Å². The number of aryl methyl sites for hydroxylation is 1. The molecule has 2 rings (SSSR count). The number of carboxylic acids is 1. The summed E-state index contributed by atoms with van der Waals surface area (Å²) in [5.74, 6) is 0.0551. The SMILES string of the molecule is CCn1ncnc1COc1c(Cl)cccc1/C=C/C(=O)O. The molecule has 0 atom stereocenters. The van der Waals surface area contributed by atoms with Crippen molar-refractivity contribution in [3.63, 3.8) is 0 Å². The molecule has 1 aromatic heterocycles. The second-order valence-electron chi connectivity index (χ2n) is 4.11. The average Bonchev–Trinajstić information content (AvgIpc) is 2.91. The van der Waals surface area contributed by atoms with Crippen LogP contribution in [-0.4, -0.2) is 25.8 Å². The lowest BCUT2D eigenvalue weighted by atomic mass is 10.2. The molecule has 0 fully saturated rings. The second kappa shape index (κ2) is 6.90. The van der Waals surface area contributed by atoms with Gasteiger partial charge < -0.3 is 9.84 Å². The molecule has 110 valence electrons. The molecule has 0 saturated carbocycles. The van der Waals surface area contributed by atoms with Crippen LogP contribution in [0.3, 0.4) is 0 Å². The fraction of sp³-hybridized carbons (Fsp3) is 0.214. The van der Waals surface area contributed by atoms with Crippen molar-refractivity contribution in [2.75, 3.05) is 0 Å². The van der Waals surface area contributed by atoms with Gasteiger partial charge in [-0.2, -0.15) is 5.10 Å². The number of carboxylic acid groups (broad SMARTS) is 1. The number of ether oxygens (including phenoxy) is 1. The van der Waals surface area contributed by atoms with Crippen LogP contribution in [0.4, 0.5) is 0 Å². The molecule has 1 N–H and O–H groups in total. The summed E-state index contributed by atoms with van der Waals surface area (Å²) in [6.45, 7) is 2.84. The van der Waals surface area contributed by atoms with Crippen LogP contribution in [0.1, 0.15) is 18.3 Å². The quantitative estimate of drug-likeness (QED) is 0.830. The van der Waals surface area contributed by atoms with E-state index in [0.29, 0.717) is 28.7 Å². The van der Waals surface area contributed by atoms with Gasteiger partial charge >= 0.3 is 5.97 Å². The van der Waals surface area contributed by atoms with Gasteiger partial charge in [0, 0.05) is 18.2 Å². The number of hydrogen-bond donors (Lipinski definition) is 1. The molecule has 7 heteroatoms. The van der Waals surface area contributed by atoms with Crippen LogP contribution in [0.5, 0.6) is 5.75 Å². The first-order valence-corrected chi connectivity index (χ1v) is 6.68. The number of carbonyl (C=O) groups is 1. The van der Waals surface area contributed by atoms with Crippen molar-refractivity contribution in [1.29, 1.82) is 0 Å². The summed E-state index contributed by atoms with van der Waals surface area (Å²) in [7, 11) is 0. The maximum atomic E-state index is 10.6. The first-order valence-electron chi connectivity index (χ1n) is 6.30. The van der Waals surface area contributed by atoms with Crippen LogP contribution < -0.4 is 4.74 Å². The molecule has 1 aromatic carbocycles. The van der Waals surface area contributed by atoms with Gasteiger partial charge in [-0.05, 0) is 19.1 Å². The van der Waals surface area contributed by atoms with Gasteiger partial charge in [-0.3, -0.25) is 0 Å². The molecule has 0 aliphatic heterocycles. The summed E-state index contributed by atoms with van der Waals surface area (Å²) in [4.78, 5) is 14.7. The molecule has 2 aromatic rings. The zero-order chi connectivity index (χ0) is 15.2. The number of rotatable bonds is 6. The number of hydrogen-bond acceptors (Lipinski definition) is 4. The maximum Gasteiger partial charge on any atom is 0.328 e. The lowest BCUT2D eigenvalue weighted by molar-refractivity contribution is -0.131. The lowest BCUT2D eigenvalue weighted by Crippen LogP contribution is -2.08. The van der Waals surface area contributed by atoms with Gasteiger partial charge in [0.2, 0.25) is 0 Å². The molecule has 0 radical (unpaired) electrons. The Kier molecular flexibility index (Phi) is 4.94. The average molecular weight is 308 g/mol. The predicted molar refractivity (Wildman–Crippen MR) is 78.1 cm³/mol. The van der Waals surface area contributed by atoms with Crippen LogP contribution in [0.25, 0.3) is 6.08 Å². The highest BCUT2D eigenvalue weighted by atomic mass is 35.5. The van der Waals surface area contributed by atoms with E-state index in [9.17, 15) is 4.79 Å². The summed E-state index contributed by atoms with van der Waals surface area (Å²) >= 11 is 6.11. The third-order valence-electron chi connectivity index (χ3n) is 2.74. The fourth-order valence-electron chi connectivity index (χ4n) is 1.77. The topological polar surface area (TPSA) is 77.2 Å². The molecule has 0 aliphatic carbocycles. The Labute approximate surface area is 126 Å². The smallest absolute Gasteiger partial charge is 0.328 e. The standard InChI is InChI=1S/C14H14ClN3O3/c1-2-18-12(16-9-17-18)8-21-14-10(6-7-13(19)20)4-3-5-11(14)15/h3-7,9H,2,8H2,1H3,(H,19,20)/b7-6+. The number of para-hydroxylation sites is 1. The van der Waals surface area contributed by atoms with E-state index in [4.69, 9.17) is 21.4 Å². The highest BCUT2D eigenvalue weighted by Gasteiger charge is 2.09. The van der Waals surface area contributed by atoms with Gasteiger partial charge in [-0.1, -0.05) is 23.7 Å². The highest BCUT2D eigenvalue weighted by Crippen LogP contribution is 2.30. The maximum absolute atomic E-state index is 10.6. The van der Waals surface area contributed by atoms with Crippen molar-refractivity contribution < 1.29 is 14.6 Å². The van der Waals surface area contributed by atoms with Gasteiger partial charge in [0.05, 0.1) is 5.02 Å². The van der Waals surface area contributed by atoms with Crippen LogP contribution in [0, 0.1) is 0 Å². The van der Waals surface area contributed by atoms with Crippen LogP contribution in [-0.2, 0) is 17.9 Å². The largest absolute Gasteiger partial charge is 0.483 e. The van der Waals surface area contributed by atoms with Crippen LogP contribution in [0.2, 0.25) is 5.02 Å². The zero-order valence-electron chi connectivity index (χ0n) is 11.4. The molecular weight excluding hydrogens is 294 g/mol. The molecule has 6 nitrogen and oxygen atoms in total. The molecule has 0 unspecified atom stereocenters. The number of nitrogens with zero attached hydrogens (tertiary/aromatic N) is 3. The van der Waals surface area contributed by atoms with Crippen LogP contribution in [0.15, 0.2) is 30.6 Å². The van der Waals surface area contributed by atoms with E-state index in [-0.39, 0.29) is 6.61 Å². The zero-order valence-corrected chi connectivity index (χ0v) is 12.1. The molecule has 0 aliphatic rings. The third kappa shape index (κ3) is 3.82. The summed E-state index contributed by atoms with van der Waals surface area (Å²) in [5, 5.41) is 13.2. The van der Waals surface area contributed by atoms with Gasteiger partial charge in [0.15, 0.2) is 5.82 Å². The first-order chi connectivity index (χ1) is 10.1. The number of halogens is 1. The highest BCUT2D eigenvalue weighted by molar-refractivity contribution is 6.32. The van der Waals surface area contributed by atoms with Gasteiger partial charge in [0.1, 0.15) is 18.7 Å². The Hall–Kier alpha value is -2.34. The van der Waals surface area contributed by atoms with Crippen LogP contribution >= 0.6 is 11.6 Å². The fourth-order valence-corrected chi connectivity index (χ4v) is 2.01.